The first-order chi connectivity index (χ1) is 7.17. The summed E-state index contributed by atoms with van der Waals surface area (Å²) in [5, 5.41) is 0. The Morgan fingerprint density at radius 1 is 1.53 bits per heavy atom. The number of carbonyl (C=O) groups excluding carboxylic acids is 1. The van der Waals surface area contributed by atoms with Gasteiger partial charge in [0.25, 0.3) is 0 Å². The van der Waals surface area contributed by atoms with E-state index in [0.29, 0.717) is 0 Å². The molecule has 0 fully saturated rings. The minimum Gasteiger partial charge on any atom is -0.497 e. The number of rotatable bonds is 4. The van der Waals surface area contributed by atoms with Crippen LogP contribution in [0.25, 0.3) is 0 Å². The average molecular weight is 206 g/mol. The Bertz CT molecular complexity index is 358. The molecule has 3 nitrogen and oxygen atoms in total. The van der Waals surface area contributed by atoms with E-state index in [-0.39, 0.29) is 5.97 Å². The summed E-state index contributed by atoms with van der Waals surface area (Å²) in [6, 6.07) is 7.35. The number of hydrogen-bond acceptors (Lipinski definition) is 3. The van der Waals surface area contributed by atoms with Crippen molar-refractivity contribution in [2.24, 2.45) is 0 Å². The zero-order chi connectivity index (χ0) is 11.3. The lowest BCUT2D eigenvalue weighted by molar-refractivity contribution is -0.144. The van der Waals surface area contributed by atoms with Crippen LogP contribution in [0.3, 0.4) is 0 Å². The van der Waals surface area contributed by atoms with Crippen LogP contribution >= 0.6 is 0 Å². The monoisotopic (exact) mass is 206 g/mol. The van der Waals surface area contributed by atoms with Gasteiger partial charge >= 0.3 is 5.97 Å². The van der Waals surface area contributed by atoms with Gasteiger partial charge in [0.2, 0.25) is 0 Å². The molecule has 0 aliphatic rings. The highest BCUT2D eigenvalue weighted by atomic mass is 16.5. The lowest BCUT2D eigenvalue weighted by Gasteiger charge is -2.13. The Balaban J connectivity index is 2.90. The van der Waals surface area contributed by atoms with Crippen LogP contribution in [0.5, 0.6) is 5.75 Å². The molecule has 0 spiro atoms. The summed E-state index contributed by atoms with van der Waals surface area (Å²) in [4.78, 5) is 10.8. The van der Waals surface area contributed by atoms with Gasteiger partial charge in [-0.1, -0.05) is 18.7 Å². The summed E-state index contributed by atoms with van der Waals surface area (Å²) < 4.78 is 10.2. The van der Waals surface area contributed by atoms with Crippen LogP contribution in [-0.2, 0) is 9.53 Å². The van der Waals surface area contributed by atoms with E-state index in [1.54, 1.807) is 13.2 Å². The van der Waals surface area contributed by atoms with Gasteiger partial charge in [-0.15, -0.1) is 0 Å². The van der Waals surface area contributed by atoms with Crippen LogP contribution in [-0.4, -0.2) is 13.1 Å². The summed E-state index contributed by atoms with van der Waals surface area (Å²) >= 11 is 0. The Labute approximate surface area is 89.3 Å². The molecule has 1 aromatic carbocycles. The first kappa shape index (κ1) is 11.3. The molecular formula is C12H14O3. The highest BCUT2D eigenvalue weighted by Gasteiger charge is 2.10. The molecule has 0 radical (unpaired) electrons. The van der Waals surface area contributed by atoms with E-state index in [0.717, 1.165) is 11.3 Å². The molecule has 1 aromatic rings. The van der Waals surface area contributed by atoms with E-state index in [4.69, 9.17) is 9.47 Å². The largest absolute Gasteiger partial charge is 0.497 e. The van der Waals surface area contributed by atoms with Crippen LogP contribution in [0, 0.1) is 0 Å². The topological polar surface area (TPSA) is 35.5 Å². The van der Waals surface area contributed by atoms with Crippen molar-refractivity contribution < 1.29 is 14.3 Å². The number of methoxy groups -OCH3 is 1. The van der Waals surface area contributed by atoms with Crippen molar-refractivity contribution >= 4 is 5.97 Å². The van der Waals surface area contributed by atoms with Crippen molar-refractivity contribution in [3.63, 3.8) is 0 Å². The zero-order valence-electron chi connectivity index (χ0n) is 8.90. The summed E-state index contributed by atoms with van der Waals surface area (Å²) in [6.07, 6.45) is 1.16. The molecule has 1 atom stereocenters. The molecule has 0 aromatic heterocycles. The van der Waals surface area contributed by atoms with Crippen molar-refractivity contribution in [1.82, 2.24) is 0 Å². The molecule has 80 valence electrons. The maximum absolute atomic E-state index is 10.8. The molecule has 3 heteroatoms. The second-order valence-electron chi connectivity index (χ2n) is 3.04. The van der Waals surface area contributed by atoms with Gasteiger partial charge in [0.15, 0.2) is 0 Å². The Hall–Kier alpha value is -1.77. The molecule has 0 aliphatic heterocycles. The van der Waals surface area contributed by atoms with E-state index >= 15 is 0 Å². The average Bonchev–Trinajstić information content (AvgIpc) is 2.25. The molecule has 0 saturated heterocycles. The van der Waals surface area contributed by atoms with Crippen molar-refractivity contribution in [2.45, 2.75) is 13.0 Å². The SMILES string of the molecule is C=CC(OC(C)=O)c1cccc(OC)c1. The minimum atomic E-state index is -0.419. The van der Waals surface area contributed by atoms with Crippen molar-refractivity contribution in [1.29, 1.82) is 0 Å². The zero-order valence-corrected chi connectivity index (χ0v) is 8.90. The van der Waals surface area contributed by atoms with Gasteiger partial charge in [-0.25, -0.2) is 0 Å². The van der Waals surface area contributed by atoms with Gasteiger partial charge in [-0.2, -0.15) is 0 Å². The second-order valence-corrected chi connectivity index (χ2v) is 3.04. The van der Waals surface area contributed by atoms with Crippen molar-refractivity contribution in [3.8, 4) is 5.75 Å². The molecule has 0 heterocycles. The van der Waals surface area contributed by atoms with Crippen LogP contribution in [0.1, 0.15) is 18.6 Å². The van der Waals surface area contributed by atoms with Crippen LogP contribution in [0.15, 0.2) is 36.9 Å². The van der Waals surface area contributed by atoms with Crippen LogP contribution in [0.2, 0.25) is 0 Å². The number of ether oxygens (including phenoxy) is 2. The fraction of sp³-hybridized carbons (Fsp3) is 0.250. The molecule has 1 rings (SSSR count). The van der Waals surface area contributed by atoms with Gasteiger partial charge in [-0.3, -0.25) is 4.79 Å². The molecule has 0 bridgehead atoms. The normalized spacial score (nSPS) is 11.6. The van der Waals surface area contributed by atoms with Gasteiger partial charge < -0.3 is 9.47 Å². The Kier molecular flexibility index (Phi) is 3.92. The quantitative estimate of drug-likeness (QED) is 0.560. The maximum Gasteiger partial charge on any atom is 0.303 e. The van der Waals surface area contributed by atoms with Crippen LogP contribution < -0.4 is 4.74 Å². The molecule has 0 amide bonds. The lowest BCUT2D eigenvalue weighted by atomic mass is 10.1. The molecule has 0 saturated carbocycles. The standard InChI is InChI=1S/C12H14O3/c1-4-12(15-9(2)13)10-6-5-7-11(8-10)14-3/h4-8,12H,1H2,2-3H3. The summed E-state index contributed by atoms with van der Waals surface area (Å²) in [5.41, 5.74) is 0.847. The highest BCUT2D eigenvalue weighted by Crippen LogP contribution is 2.22. The number of hydrogen-bond donors (Lipinski definition) is 0. The first-order valence-corrected chi connectivity index (χ1v) is 4.61. The van der Waals surface area contributed by atoms with E-state index in [2.05, 4.69) is 6.58 Å². The second kappa shape index (κ2) is 5.20. The molecule has 15 heavy (non-hydrogen) atoms. The van der Waals surface area contributed by atoms with Gasteiger partial charge in [-0.05, 0) is 18.2 Å². The Morgan fingerprint density at radius 2 is 2.27 bits per heavy atom. The van der Waals surface area contributed by atoms with Gasteiger partial charge in [0.1, 0.15) is 11.9 Å². The van der Waals surface area contributed by atoms with E-state index in [1.807, 2.05) is 24.3 Å². The fourth-order valence-corrected chi connectivity index (χ4v) is 1.25. The number of esters is 1. The van der Waals surface area contributed by atoms with Gasteiger partial charge in [0.05, 0.1) is 7.11 Å². The van der Waals surface area contributed by atoms with Crippen LogP contribution in [0.4, 0.5) is 0 Å². The fourth-order valence-electron chi connectivity index (χ4n) is 1.25. The van der Waals surface area contributed by atoms with E-state index in [1.165, 1.54) is 6.92 Å². The van der Waals surface area contributed by atoms with E-state index in [9.17, 15) is 4.79 Å². The maximum atomic E-state index is 10.8. The predicted octanol–water partition coefficient (Wildman–Crippen LogP) is 2.49. The Morgan fingerprint density at radius 3 is 2.80 bits per heavy atom. The van der Waals surface area contributed by atoms with Gasteiger partial charge in [0, 0.05) is 12.5 Å². The summed E-state index contributed by atoms with van der Waals surface area (Å²) in [6.45, 7) is 5.00. The third-order valence-electron chi connectivity index (χ3n) is 1.93. The number of benzene rings is 1. The van der Waals surface area contributed by atoms with E-state index < -0.39 is 6.10 Å². The molecule has 0 aliphatic carbocycles. The minimum absolute atomic E-state index is 0.331. The highest BCUT2D eigenvalue weighted by molar-refractivity contribution is 5.66. The third-order valence-corrected chi connectivity index (χ3v) is 1.93. The molecule has 0 N–H and O–H groups in total. The molecule has 1 unspecified atom stereocenters. The predicted molar refractivity (Wildman–Crippen MR) is 57.7 cm³/mol. The van der Waals surface area contributed by atoms with Crippen molar-refractivity contribution in [3.05, 3.63) is 42.5 Å². The smallest absolute Gasteiger partial charge is 0.303 e. The van der Waals surface area contributed by atoms with Crippen molar-refractivity contribution in [2.75, 3.05) is 7.11 Å². The summed E-state index contributed by atoms with van der Waals surface area (Å²) in [5.74, 6) is 0.397. The number of carbonyl (C=O) groups is 1. The lowest BCUT2D eigenvalue weighted by Crippen LogP contribution is -2.05. The third kappa shape index (κ3) is 3.13. The first-order valence-electron chi connectivity index (χ1n) is 4.61. The summed E-state index contributed by atoms with van der Waals surface area (Å²) in [7, 11) is 1.59. The molecular weight excluding hydrogens is 192 g/mol.